The Hall–Kier alpha value is -0.810. The number of piperidine rings is 1. The number of aliphatic hydroxyl groups is 1. The third-order valence-electron chi connectivity index (χ3n) is 2.48. The van der Waals surface area contributed by atoms with Crippen LogP contribution in [0.3, 0.4) is 0 Å². The molecule has 5 nitrogen and oxygen atoms in total. The van der Waals surface area contributed by atoms with E-state index in [1.807, 2.05) is 20.8 Å². The molecule has 1 amide bonds. The molecule has 1 saturated heterocycles. The summed E-state index contributed by atoms with van der Waals surface area (Å²) in [5.41, 5.74) is 5.34. The number of ether oxygens (including phenoxy) is 1. The summed E-state index contributed by atoms with van der Waals surface area (Å²) in [4.78, 5) is 13.4. The summed E-state index contributed by atoms with van der Waals surface area (Å²) in [6, 6.07) is -0.0709. The summed E-state index contributed by atoms with van der Waals surface area (Å²) in [7, 11) is 0. The first-order chi connectivity index (χ1) is 7.31. The standard InChI is InChI=1S/C11H22N2O3/c1-11(2,3)16-10(15)13-5-8(7-14)4-9(12)6-13/h8-9,14H,4-7,12H2,1-3H3. The van der Waals surface area contributed by atoms with E-state index < -0.39 is 5.60 Å². The van der Waals surface area contributed by atoms with Gasteiger partial charge in [0, 0.05) is 31.7 Å². The van der Waals surface area contributed by atoms with E-state index in [4.69, 9.17) is 15.6 Å². The van der Waals surface area contributed by atoms with Crippen LogP contribution in [0.1, 0.15) is 27.2 Å². The van der Waals surface area contributed by atoms with E-state index in [1.165, 1.54) is 0 Å². The van der Waals surface area contributed by atoms with Crippen molar-refractivity contribution in [2.75, 3.05) is 19.7 Å². The average molecular weight is 230 g/mol. The van der Waals surface area contributed by atoms with Crippen LogP contribution in [0.15, 0.2) is 0 Å². The highest BCUT2D eigenvalue weighted by Crippen LogP contribution is 2.18. The number of nitrogens with two attached hydrogens (primary N) is 1. The molecular formula is C11H22N2O3. The van der Waals surface area contributed by atoms with Gasteiger partial charge in [-0.2, -0.15) is 0 Å². The van der Waals surface area contributed by atoms with Crippen LogP contribution < -0.4 is 5.73 Å². The molecule has 0 saturated carbocycles. The number of amides is 1. The van der Waals surface area contributed by atoms with Crippen LogP contribution in [0.2, 0.25) is 0 Å². The van der Waals surface area contributed by atoms with Crippen molar-refractivity contribution in [2.45, 2.75) is 38.8 Å². The third-order valence-corrected chi connectivity index (χ3v) is 2.48. The predicted molar refractivity (Wildman–Crippen MR) is 61.0 cm³/mol. The Morgan fingerprint density at radius 2 is 2.12 bits per heavy atom. The first-order valence-electron chi connectivity index (χ1n) is 5.66. The van der Waals surface area contributed by atoms with E-state index in [0.717, 1.165) is 6.42 Å². The monoisotopic (exact) mass is 230 g/mol. The Balaban J connectivity index is 2.55. The van der Waals surface area contributed by atoms with E-state index in [9.17, 15) is 4.79 Å². The fourth-order valence-electron chi connectivity index (χ4n) is 1.85. The Morgan fingerprint density at radius 1 is 1.50 bits per heavy atom. The van der Waals surface area contributed by atoms with Crippen molar-refractivity contribution in [1.29, 1.82) is 0 Å². The highest BCUT2D eigenvalue weighted by molar-refractivity contribution is 5.68. The van der Waals surface area contributed by atoms with Gasteiger partial charge in [0.25, 0.3) is 0 Å². The zero-order valence-electron chi connectivity index (χ0n) is 10.3. The molecule has 0 aliphatic carbocycles. The van der Waals surface area contributed by atoms with Crippen LogP contribution in [0, 0.1) is 5.92 Å². The second-order valence-corrected chi connectivity index (χ2v) is 5.43. The van der Waals surface area contributed by atoms with Crippen molar-refractivity contribution in [1.82, 2.24) is 4.90 Å². The lowest BCUT2D eigenvalue weighted by Crippen LogP contribution is -2.51. The molecule has 1 rings (SSSR count). The van der Waals surface area contributed by atoms with Gasteiger partial charge in [-0.05, 0) is 27.2 Å². The van der Waals surface area contributed by atoms with Crippen LogP contribution in [0.25, 0.3) is 0 Å². The van der Waals surface area contributed by atoms with Gasteiger partial charge in [-0.15, -0.1) is 0 Å². The SMILES string of the molecule is CC(C)(C)OC(=O)N1CC(N)CC(CO)C1. The van der Waals surface area contributed by atoms with Crippen molar-refractivity contribution >= 4 is 6.09 Å². The molecule has 0 bridgehead atoms. The maximum absolute atomic E-state index is 11.8. The summed E-state index contributed by atoms with van der Waals surface area (Å²) >= 11 is 0. The van der Waals surface area contributed by atoms with Gasteiger partial charge in [0.2, 0.25) is 0 Å². The van der Waals surface area contributed by atoms with Crippen molar-refractivity contribution in [2.24, 2.45) is 11.7 Å². The number of hydrogen-bond acceptors (Lipinski definition) is 4. The molecule has 2 atom stereocenters. The second kappa shape index (κ2) is 5.01. The number of carbonyl (C=O) groups is 1. The molecule has 0 aromatic rings. The predicted octanol–water partition coefficient (Wildman–Crippen LogP) is 0.563. The lowest BCUT2D eigenvalue weighted by molar-refractivity contribution is 0.0106. The minimum absolute atomic E-state index is 0.0625. The smallest absolute Gasteiger partial charge is 0.410 e. The van der Waals surface area contributed by atoms with E-state index >= 15 is 0 Å². The van der Waals surface area contributed by atoms with E-state index in [-0.39, 0.29) is 24.7 Å². The fraction of sp³-hybridized carbons (Fsp3) is 0.909. The summed E-state index contributed by atoms with van der Waals surface area (Å²) < 4.78 is 5.27. The average Bonchev–Trinajstić information content (AvgIpc) is 2.14. The number of carbonyl (C=O) groups excluding carboxylic acids is 1. The molecular weight excluding hydrogens is 208 g/mol. The zero-order chi connectivity index (χ0) is 12.3. The van der Waals surface area contributed by atoms with Crippen LogP contribution in [-0.2, 0) is 4.74 Å². The lowest BCUT2D eigenvalue weighted by atomic mass is 9.96. The highest BCUT2D eigenvalue weighted by Gasteiger charge is 2.30. The number of rotatable bonds is 1. The number of likely N-dealkylation sites (tertiary alicyclic amines) is 1. The third kappa shape index (κ3) is 3.98. The molecule has 16 heavy (non-hydrogen) atoms. The maximum atomic E-state index is 11.8. The van der Waals surface area contributed by atoms with Crippen LogP contribution in [-0.4, -0.2) is 47.4 Å². The molecule has 3 N–H and O–H groups in total. The molecule has 0 aromatic heterocycles. The topological polar surface area (TPSA) is 75.8 Å². The number of aliphatic hydroxyl groups excluding tert-OH is 1. The van der Waals surface area contributed by atoms with E-state index in [0.29, 0.717) is 13.1 Å². The quantitative estimate of drug-likeness (QED) is 0.690. The maximum Gasteiger partial charge on any atom is 0.410 e. The molecule has 1 aliphatic rings. The Bertz CT molecular complexity index is 250. The molecule has 2 unspecified atom stereocenters. The van der Waals surface area contributed by atoms with Crippen LogP contribution in [0.5, 0.6) is 0 Å². The Kier molecular flexibility index (Phi) is 4.15. The lowest BCUT2D eigenvalue weighted by Gasteiger charge is -2.36. The molecule has 0 aromatic carbocycles. The van der Waals surface area contributed by atoms with E-state index in [2.05, 4.69) is 0 Å². The van der Waals surface area contributed by atoms with Crippen molar-refractivity contribution in [3.8, 4) is 0 Å². The summed E-state index contributed by atoms with van der Waals surface area (Å²) in [6.45, 7) is 6.59. The molecule has 0 spiro atoms. The zero-order valence-corrected chi connectivity index (χ0v) is 10.3. The minimum Gasteiger partial charge on any atom is -0.444 e. The summed E-state index contributed by atoms with van der Waals surface area (Å²) in [5.74, 6) is 0.0660. The van der Waals surface area contributed by atoms with Gasteiger partial charge in [0.15, 0.2) is 0 Å². The number of hydrogen-bond donors (Lipinski definition) is 2. The molecule has 94 valence electrons. The van der Waals surface area contributed by atoms with Gasteiger partial charge in [-0.1, -0.05) is 0 Å². The first kappa shape index (κ1) is 13.3. The molecule has 1 fully saturated rings. The van der Waals surface area contributed by atoms with Crippen LogP contribution >= 0.6 is 0 Å². The van der Waals surface area contributed by atoms with Gasteiger partial charge < -0.3 is 20.5 Å². The largest absolute Gasteiger partial charge is 0.444 e. The van der Waals surface area contributed by atoms with Crippen molar-refractivity contribution in [3.05, 3.63) is 0 Å². The Morgan fingerprint density at radius 3 is 2.62 bits per heavy atom. The van der Waals surface area contributed by atoms with Gasteiger partial charge in [0.1, 0.15) is 5.60 Å². The number of nitrogens with zero attached hydrogens (tertiary/aromatic N) is 1. The van der Waals surface area contributed by atoms with Gasteiger partial charge in [-0.25, -0.2) is 4.79 Å². The molecule has 0 radical (unpaired) electrons. The second-order valence-electron chi connectivity index (χ2n) is 5.43. The normalized spacial score (nSPS) is 26.7. The van der Waals surface area contributed by atoms with Gasteiger partial charge >= 0.3 is 6.09 Å². The van der Waals surface area contributed by atoms with Crippen LogP contribution in [0.4, 0.5) is 4.79 Å². The van der Waals surface area contributed by atoms with Crippen molar-refractivity contribution in [3.63, 3.8) is 0 Å². The minimum atomic E-state index is -0.493. The fourth-order valence-corrected chi connectivity index (χ4v) is 1.85. The molecule has 1 heterocycles. The van der Waals surface area contributed by atoms with E-state index in [1.54, 1.807) is 4.90 Å². The highest BCUT2D eigenvalue weighted by atomic mass is 16.6. The molecule has 1 aliphatic heterocycles. The first-order valence-corrected chi connectivity index (χ1v) is 5.66. The summed E-state index contributed by atoms with van der Waals surface area (Å²) in [6.07, 6.45) is 0.414. The molecule has 5 heteroatoms. The van der Waals surface area contributed by atoms with Crippen molar-refractivity contribution < 1.29 is 14.6 Å². The van der Waals surface area contributed by atoms with Gasteiger partial charge in [0.05, 0.1) is 0 Å². The van der Waals surface area contributed by atoms with Gasteiger partial charge in [-0.3, -0.25) is 0 Å². The Labute approximate surface area is 96.6 Å². The summed E-state index contributed by atoms with van der Waals surface area (Å²) in [5, 5.41) is 9.11.